The van der Waals surface area contributed by atoms with Crippen molar-refractivity contribution in [3.05, 3.63) is 29.3 Å². The second kappa shape index (κ2) is 17.0. The minimum absolute atomic E-state index is 0.234. The Kier molecular flexibility index (Phi) is 14.4. The van der Waals surface area contributed by atoms with Crippen molar-refractivity contribution >= 4 is 17.7 Å². The molecule has 0 aliphatic carbocycles. The van der Waals surface area contributed by atoms with E-state index in [-0.39, 0.29) is 6.09 Å². The molecule has 1 aromatic carbocycles. The number of hydrogen-bond acceptors (Lipinski definition) is 8. The average Bonchev–Trinajstić information content (AvgIpc) is 2.86. The summed E-state index contributed by atoms with van der Waals surface area (Å²) in [5.41, 5.74) is 1.54. The monoisotopic (exact) mass is 530 g/mol. The third-order valence-corrected chi connectivity index (χ3v) is 5.74. The van der Waals surface area contributed by atoms with Crippen LogP contribution in [-0.2, 0) is 36.2 Å². The Bertz CT molecular complexity index is 752. The predicted octanol–water partition coefficient (Wildman–Crippen LogP) is 3.55. The number of alkyl halides is 1. The van der Waals surface area contributed by atoms with Crippen molar-refractivity contribution in [3.63, 3.8) is 0 Å². The van der Waals surface area contributed by atoms with Crippen LogP contribution >= 0.6 is 11.6 Å². The van der Waals surface area contributed by atoms with Crippen molar-refractivity contribution in [1.82, 2.24) is 9.80 Å². The van der Waals surface area contributed by atoms with Gasteiger partial charge in [-0.05, 0) is 32.4 Å². The summed E-state index contributed by atoms with van der Waals surface area (Å²) in [7, 11) is 1.64. The van der Waals surface area contributed by atoms with Crippen molar-refractivity contribution in [2.45, 2.75) is 38.9 Å². The zero-order chi connectivity index (χ0) is 26.2. The van der Waals surface area contributed by atoms with Gasteiger partial charge in [-0.1, -0.05) is 12.1 Å². The van der Waals surface area contributed by atoms with Gasteiger partial charge in [-0.3, -0.25) is 4.90 Å². The molecule has 1 aliphatic heterocycles. The summed E-state index contributed by atoms with van der Waals surface area (Å²) in [6.45, 7) is 13.8. The molecule has 0 spiro atoms. The summed E-state index contributed by atoms with van der Waals surface area (Å²) >= 11 is 5.89. The molecule has 1 aliphatic rings. The van der Waals surface area contributed by atoms with Gasteiger partial charge in [0.05, 0.1) is 65.8 Å². The van der Waals surface area contributed by atoms with Gasteiger partial charge in [0, 0.05) is 38.3 Å². The van der Waals surface area contributed by atoms with E-state index in [4.69, 9.17) is 40.0 Å². The Morgan fingerprint density at radius 1 is 0.889 bits per heavy atom. The molecule has 0 N–H and O–H groups in total. The van der Waals surface area contributed by atoms with E-state index in [9.17, 15) is 4.79 Å². The van der Waals surface area contributed by atoms with Gasteiger partial charge in [-0.25, -0.2) is 4.79 Å². The van der Waals surface area contributed by atoms with Crippen LogP contribution in [0.4, 0.5) is 4.79 Å². The number of halogens is 1. The Morgan fingerprint density at radius 3 is 2.03 bits per heavy atom. The van der Waals surface area contributed by atoms with Crippen molar-refractivity contribution in [1.29, 1.82) is 0 Å². The molecule has 10 heteroatoms. The van der Waals surface area contributed by atoms with Crippen LogP contribution in [0, 0.1) is 0 Å². The lowest BCUT2D eigenvalue weighted by Gasteiger charge is -2.35. The molecule has 1 fully saturated rings. The molecule has 0 bridgehead atoms. The summed E-state index contributed by atoms with van der Waals surface area (Å²) in [6, 6.07) is 5.89. The summed E-state index contributed by atoms with van der Waals surface area (Å²) in [6.07, 6.45) is -0.234. The lowest BCUT2D eigenvalue weighted by atomic mass is 10.1. The second-order valence-electron chi connectivity index (χ2n) is 9.48. The van der Waals surface area contributed by atoms with E-state index < -0.39 is 5.60 Å². The van der Waals surface area contributed by atoms with Gasteiger partial charge >= 0.3 is 6.09 Å². The number of carbonyl (C=O) groups is 1. The van der Waals surface area contributed by atoms with Crippen LogP contribution in [0.25, 0.3) is 0 Å². The van der Waals surface area contributed by atoms with Gasteiger partial charge < -0.3 is 33.3 Å². The summed E-state index contributed by atoms with van der Waals surface area (Å²) < 4.78 is 33.1. The molecule has 0 radical (unpaired) electrons. The largest absolute Gasteiger partial charge is 0.496 e. The molecule has 9 nitrogen and oxygen atoms in total. The Morgan fingerprint density at radius 2 is 1.47 bits per heavy atom. The minimum Gasteiger partial charge on any atom is -0.496 e. The Hall–Kier alpha value is -1.62. The SMILES string of the molecule is COc1cc(COCCOCCOCCOCCN2CCN(C(=O)OC(C)(C)C)CC2)ccc1CCl. The fraction of sp³-hybridized carbons (Fsp3) is 0.731. The molecule has 0 saturated carbocycles. The highest BCUT2D eigenvalue weighted by molar-refractivity contribution is 6.17. The second-order valence-corrected chi connectivity index (χ2v) is 9.75. The lowest BCUT2D eigenvalue weighted by Crippen LogP contribution is -2.50. The smallest absolute Gasteiger partial charge is 0.410 e. The van der Waals surface area contributed by atoms with E-state index in [1.165, 1.54) is 0 Å². The van der Waals surface area contributed by atoms with E-state index in [2.05, 4.69) is 4.90 Å². The van der Waals surface area contributed by atoms with E-state index in [1.807, 2.05) is 39.0 Å². The highest BCUT2D eigenvalue weighted by atomic mass is 35.5. The number of piperazine rings is 1. The third kappa shape index (κ3) is 12.6. The van der Waals surface area contributed by atoms with E-state index in [1.54, 1.807) is 12.0 Å². The molecule has 36 heavy (non-hydrogen) atoms. The van der Waals surface area contributed by atoms with Crippen LogP contribution in [0.1, 0.15) is 31.9 Å². The highest BCUT2D eigenvalue weighted by Gasteiger charge is 2.25. The van der Waals surface area contributed by atoms with Crippen molar-refractivity contribution in [2.24, 2.45) is 0 Å². The van der Waals surface area contributed by atoms with E-state index in [0.717, 1.165) is 36.5 Å². The van der Waals surface area contributed by atoms with Crippen molar-refractivity contribution < 1.29 is 33.2 Å². The molecule has 0 unspecified atom stereocenters. The topological polar surface area (TPSA) is 78.9 Å². The highest BCUT2D eigenvalue weighted by Crippen LogP contribution is 2.22. The number of rotatable bonds is 16. The van der Waals surface area contributed by atoms with Gasteiger partial charge in [-0.2, -0.15) is 0 Å². The molecule has 1 heterocycles. The van der Waals surface area contributed by atoms with Crippen LogP contribution in [0.5, 0.6) is 5.75 Å². The quantitative estimate of drug-likeness (QED) is 0.237. The maximum atomic E-state index is 12.1. The van der Waals surface area contributed by atoms with Gasteiger partial charge in [0.1, 0.15) is 11.4 Å². The number of methoxy groups -OCH3 is 1. The molecular formula is C26H43ClN2O7. The van der Waals surface area contributed by atoms with E-state index in [0.29, 0.717) is 71.8 Å². The molecular weight excluding hydrogens is 488 g/mol. The van der Waals surface area contributed by atoms with Gasteiger partial charge in [0.15, 0.2) is 0 Å². The Labute approximate surface area is 220 Å². The molecule has 1 saturated heterocycles. The first-order valence-electron chi connectivity index (χ1n) is 12.6. The van der Waals surface area contributed by atoms with Crippen LogP contribution in [0.3, 0.4) is 0 Å². The minimum atomic E-state index is -0.460. The molecule has 206 valence electrons. The number of benzene rings is 1. The zero-order valence-electron chi connectivity index (χ0n) is 22.3. The normalized spacial score (nSPS) is 14.8. The lowest BCUT2D eigenvalue weighted by molar-refractivity contribution is -0.00858. The molecule has 1 amide bonds. The fourth-order valence-corrected chi connectivity index (χ4v) is 3.73. The number of nitrogens with zero attached hydrogens (tertiary/aromatic N) is 2. The average molecular weight is 531 g/mol. The summed E-state index contributed by atoms with van der Waals surface area (Å²) in [5.74, 6) is 1.20. The van der Waals surface area contributed by atoms with Crippen LogP contribution in [0.2, 0.25) is 0 Å². The molecule has 0 atom stereocenters. The van der Waals surface area contributed by atoms with Crippen LogP contribution < -0.4 is 4.74 Å². The predicted molar refractivity (Wildman–Crippen MR) is 139 cm³/mol. The van der Waals surface area contributed by atoms with Gasteiger partial charge in [-0.15, -0.1) is 11.6 Å². The number of carbonyl (C=O) groups excluding carboxylic acids is 1. The van der Waals surface area contributed by atoms with Gasteiger partial charge in [0.2, 0.25) is 0 Å². The van der Waals surface area contributed by atoms with E-state index >= 15 is 0 Å². The first-order valence-corrected chi connectivity index (χ1v) is 13.1. The number of amides is 1. The fourth-order valence-electron chi connectivity index (χ4n) is 3.51. The van der Waals surface area contributed by atoms with Crippen molar-refractivity contribution in [3.8, 4) is 5.75 Å². The zero-order valence-corrected chi connectivity index (χ0v) is 23.0. The summed E-state index contributed by atoms with van der Waals surface area (Å²) in [5, 5.41) is 0. The molecule has 2 rings (SSSR count). The van der Waals surface area contributed by atoms with Crippen LogP contribution in [-0.4, -0.2) is 108 Å². The Balaban J connectivity index is 1.37. The standard InChI is InChI=1S/C26H43ClN2O7/c1-26(2,3)36-25(30)29-9-7-28(8-10-29)11-12-32-13-14-33-15-16-34-17-18-35-21-22-5-6-23(20-27)24(19-22)31-4/h5-6,19H,7-18,20-21H2,1-4H3. The first-order chi connectivity index (χ1) is 17.3. The van der Waals surface area contributed by atoms with Gasteiger partial charge in [0.25, 0.3) is 0 Å². The molecule has 1 aromatic rings. The van der Waals surface area contributed by atoms with Crippen molar-refractivity contribution in [2.75, 3.05) is 86.1 Å². The number of hydrogen-bond donors (Lipinski definition) is 0. The maximum Gasteiger partial charge on any atom is 0.410 e. The summed E-state index contributed by atoms with van der Waals surface area (Å²) in [4.78, 5) is 16.2. The van der Waals surface area contributed by atoms with Crippen LogP contribution in [0.15, 0.2) is 18.2 Å². The first kappa shape index (κ1) is 30.6. The number of ether oxygens (including phenoxy) is 6. The maximum absolute atomic E-state index is 12.1. The third-order valence-electron chi connectivity index (χ3n) is 5.46. The molecule has 0 aromatic heterocycles.